The molecule has 2 aliphatic heterocycles. The molecule has 0 bridgehead atoms. The molecule has 5 heterocycles. The van der Waals surface area contributed by atoms with Gasteiger partial charge in [0.05, 0.1) is 11.9 Å². The maximum atomic E-state index is 13.5. The molecule has 1 aromatic carbocycles. The highest BCUT2D eigenvalue weighted by molar-refractivity contribution is 7.99. The van der Waals surface area contributed by atoms with Gasteiger partial charge in [0.25, 0.3) is 5.91 Å². The van der Waals surface area contributed by atoms with Crippen molar-refractivity contribution < 1.29 is 9.59 Å². The van der Waals surface area contributed by atoms with Crippen LogP contribution in [0.5, 0.6) is 0 Å². The Kier molecular flexibility index (Phi) is 10.1. The van der Waals surface area contributed by atoms with Crippen molar-refractivity contribution in [3.63, 3.8) is 0 Å². The van der Waals surface area contributed by atoms with Crippen LogP contribution < -0.4 is 5.32 Å². The van der Waals surface area contributed by atoms with Crippen LogP contribution in [0, 0.1) is 12.8 Å². The lowest BCUT2D eigenvalue weighted by Crippen LogP contribution is -2.51. The third kappa shape index (κ3) is 7.45. The molecule has 0 aliphatic carbocycles. The second-order valence-electron chi connectivity index (χ2n) is 12.7. The highest BCUT2D eigenvalue weighted by Gasteiger charge is 2.26. The first-order chi connectivity index (χ1) is 22.3. The molecule has 0 radical (unpaired) electrons. The van der Waals surface area contributed by atoms with E-state index in [0.717, 1.165) is 61.2 Å². The summed E-state index contributed by atoms with van der Waals surface area (Å²) in [6, 6.07) is 8.08. The van der Waals surface area contributed by atoms with E-state index in [1.165, 1.54) is 32.1 Å². The number of hydrogen-bond donors (Lipinski definition) is 1. The Morgan fingerprint density at radius 2 is 1.85 bits per heavy atom. The predicted octanol–water partition coefficient (Wildman–Crippen LogP) is 4.53. The fourth-order valence-electron chi connectivity index (χ4n) is 6.44. The molecule has 46 heavy (non-hydrogen) atoms. The standard InChI is InChI=1S/C34H45N9O2S/c1-5-39-13-9-26(10-14-39)21-40-15-17-41(18-16-40)31(44)23-42-22-30(37-34(45)29-20-36-43-12-6-11-35-33(29)43)32(38-42)28-19-27(46-24(2)3)8-7-25(28)4/h6-8,11-12,19-20,22,24,26H,5,9-10,13-18,21,23H2,1-4H3,(H,37,45). The zero-order valence-electron chi connectivity index (χ0n) is 27.4. The zero-order chi connectivity index (χ0) is 32.2. The number of rotatable bonds is 10. The SMILES string of the molecule is CCN1CCC(CN2CCN(C(=O)Cn3cc(NC(=O)c4cnn5cccnc45)c(-c4cc(SC(C)C)ccc4C)n3)CC2)CC1. The minimum Gasteiger partial charge on any atom is -0.339 e. The summed E-state index contributed by atoms with van der Waals surface area (Å²) in [7, 11) is 0. The van der Waals surface area contributed by atoms with Crippen LogP contribution in [0.3, 0.4) is 0 Å². The van der Waals surface area contributed by atoms with Crippen molar-refractivity contribution in [3.8, 4) is 11.3 Å². The maximum Gasteiger partial charge on any atom is 0.261 e. The van der Waals surface area contributed by atoms with Gasteiger partial charge in [-0.2, -0.15) is 10.2 Å². The van der Waals surface area contributed by atoms with E-state index in [2.05, 4.69) is 64.2 Å². The number of amides is 2. The van der Waals surface area contributed by atoms with Crippen LogP contribution in [0.4, 0.5) is 5.69 Å². The molecule has 244 valence electrons. The molecule has 3 aromatic heterocycles. The highest BCUT2D eigenvalue weighted by Crippen LogP contribution is 2.34. The average Bonchev–Trinajstić information content (AvgIpc) is 3.66. The number of nitrogens with one attached hydrogen (secondary N) is 1. The second-order valence-corrected chi connectivity index (χ2v) is 14.3. The lowest BCUT2D eigenvalue weighted by molar-refractivity contribution is -0.133. The summed E-state index contributed by atoms with van der Waals surface area (Å²) < 4.78 is 3.24. The zero-order valence-corrected chi connectivity index (χ0v) is 28.2. The van der Waals surface area contributed by atoms with Gasteiger partial charge >= 0.3 is 0 Å². The van der Waals surface area contributed by atoms with Crippen molar-refractivity contribution in [2.24, 2.45) is 5.92 Å². The fraction of sp³-hybridized carbons (Fsp3) is 0.500. The first-order valence-corrected chi connectivity index (χ1v) is 17.3. The van der Waals surface area contributed by atoms with E-state index >= 15 is 0 Å². The van der Waals surface area contributed by atoms with E-state index in [1.807, 2.05) is 11.8 Å². The number of likely N-dealkylation sites (tertiary alicyclic amines) is 1. The summed E-state index contributed by atoms with van der Waals surface area (Å²) in [5.74, 6) is 0.455. The normalized spacial score (nSPS) is 16.8. The van der Waals surface area contributed by atoms with Crippen LogP contribution >= 0.6 is 11.8 Å². The van der Waals surface area contributed by atoms with Crippen molar-refractivity contribution in [2.45, 2.75) is 57.2 Å². The molecule has 2 saturated heterocycles. The van der Waals surface area contributed by atoms with Crippen molar-refractivity contribution in [3.05, 3.63) is 60.2 Å². The number of benzene rings is 1. The third-order valence-electron chi connectivity index (χ3n) is 9.06. The molecule has 0 unspecified atom stereocenters. The van der Waals surface area contributed by atoms with Gasteiger partial charge in [-0.25, -0.2) is 9.50 Å². The van der Waals surface area contributed by atoms with Gasteiger partial charge in [0.2, 0.25) is 5.91 Å². The van der Waals surface area contributed by atoms with Gasteiger partial charge in [-0.1, -0.05) is 26.8 Å². The molecule has 2 amide bonds. The van der Waals surface area contributed by atoms with E-state index in [9.17, 15) is 9.59 Å². The monoisotopic (exact) mass is 643 g/mol. The minimum atomic E-state index is -0.331. The lowest BCUT2D eigenvalue weighted by atomic mass is 9.96. The molecule has 4 aromatic rings. The molecule has 2 fully saturated rings. The number of aryl methyl sites for hydroxylation is 1. The van der Waals surface area contributed by atoms with Gasteiger partial charge in [-0.3, -0.25) is 19.2 Å². The Labute approximate surface area is 275 Å². The molecular formula is C34H45N9O2S. The Bertz CT molecular complexity index is 1670. The van der Waals surface area contributed by atoms with Crippen LogP contribution in [-0.2, 0) is 11.3 Å². The topological polar surface area (TPSA) is 104 Å². The van der Waals surface area contributed by atoms with Gasteiger partial charge in [0, 0.05) is 67.0 Å². The van der Waals surface area contributed by atoms with E-state index in [1.54, 1.807) is 45.6 Å². The molecule has 1 N–H and O–H groups in total. The Morgan fingerprint density at radius 1 is 1.07 bits per heavy atom. The first-order valence-electron chi connectivity index (χ1n) is 16.4. The molecule has 12 heteroatoms. The van der Waals surface area contributed by atoms with Crippen LogP contribution in [-0.4, -0.2) is 109 Å². The maximum absolute atomic E-state index is 13.5. The molecule has 0 spiro atoms. The van der Waals surface area contributed by atoms with Crippen LogP contribution in [0.15, 0.2) is 53.9 Å². The molecule has 2 aliphatic rings. The summed E-state index contributed by atoms with van der Waals surface area (Å²) in [4.78, 5) is 39.5. The number of aromatic nitrogens is 5. The average molecular weight is 644 g/mol. The van der Waals surface area contributed by atoms with E-state index in [-0.39, 0.29) is 18.4 Å². The number of carbonyl (C=O) groups excluding carboxylic acids is 2. The Hall–Kier alpha value is -3.74. The van der Waals surface area contributed by atoms with Crippen LogP contribution in [0.25, 0.3) is 16.9 Å². The largest absolute Gasteiger partial charge is 0.339 e. The minimum absolute atomic E-state index is 0.0375. The van der Waals surface area contributed by atoms with E-state index in [0.29, 0.717) is 27.8 Å². The number of hydrogen-bond acceptors (Lipinski definition) is 8. The third-order valence-corrected chi connectivity index (χ3v) is 10.1. The van der Waals surface area contributed by atoms with Crippen molar-refractivity contribution >= 4 is 34.9 Å². The quantitative estimate of drug-likeness (QED) is 0.252. The number of fused-ring (bicyclic) bond motifs is 1. The summed E-state index contributed by atoms with van der Waals surface area (Å²) in [5, 5.41) is 12.6. The molecule has 0 atom stereocenters. The summed E-state index contributed by atoms with van der Waals surface area (Å²) >= 11 is 1.78. The molecule has 11 nitrogen and oxygen atoms in total. The number of piperazine rings is 1. The summed E-state index contributed by atoms with van der Waals surface area (Å²) in [6.45, 7) is 16.6. The van der Waals surface area contributed by atoms with Crippen molar-refractivity contribution in [2.75, 3.05) is 57.7 Å². The first kappa shape index (κ1) is 32.2. The smallest absolute Gasteiger partial charge is 0.261 e. The van der Waals surface area contributed by atoms with Crippen LogP contribution in [0.1, 0.15) is 49.5 Å². The Balaban J connectivity index is 1.17. The van der Waals surface area contributed by atoms with E-state index in [4.69, 9.17) is 5.10 Å². The van der Waals surface area contributed by atoms with E-state index < -0.39 is 0 Å². The second kappa shape index (κ2) is 14.4. The van der Waals surface area contributed by atoms with Gasteiger partial charge in [0.1, 0.15) is 17.8 Å². The highest BCUT2D eigenvalue weighted by atomic mass is 32.2. The molecule has 0 saturated carbocycles. The number of nitrogens with zero attached hydrogens (tertiary/aromatic N) is 8. The summed E-state index contributed by atoms with van der Waals surface area (Å²) in [5.41, 5.74) is 3.97. The predicted molar refractivity (Wildman–Crippen MR) is 182 cm³/mol. The Morgan fingerprint density at radius 3 is 2.59 bits per heavy atom. The lowest BCUT2D eigenvalue weighted by Gasteiger charge is -2.38. The summed E-state index contributed by atoms with van der Waals surface area (Å²) in [6.07, 6.45) is 9.21. The number of carbonyl (C=O) groups is 2. The van der Waals surface area contributed by atoms with Crippen molar-refractivity contribution in [1.82, 2.24) is 39.1 Å². The van der Waals surface area contributed by atoms with Crippen molar-refractivity contribution in [1.29, 1.82) is 0 Å². The van der Waals surface area contributed by atoms with Gasteiger partial charge in [0.15, 0.2) is 5.65 Å². The molecular weight excluding hydrogens is 599 g/mol. The number of anilines is 1. The number of piperidine rings is 1. The van der Waals surface area contributed by atoms with Gasteiger partial charge in [-0.05, 0) is 69.1 Å². The van der Waals surface area contributed by atoms with Gasteiger partial charge < -0.3 is 15.1 Å². The fourth-order valence-corrected chi connectivity index (χ4v) is 7.32. The van der Waals surface area contributed by atoms with Gasteiger partial charge in [-0.15, -0.1) is 11.8 Å². The number of thioether (sulfide) groups is 1. The molecule has 6 rings (SSSR count). The van der Waals surface area contributed by atoms with Crippen LogP contribution in [0.2, 0.25) is 0 Å².